The van der Waals surface area contributed by atoms with Crippen LogP contribution in [0.5, 0.6) is 0 Å². The molecular weight excluding hydrogens is 381 g/mol. The van der Waals surface area contributed by atoms with Gasteiger partial charge in [0.25, 0.3) is 5.91 Å². The Labute approximate surface area is 176 Å². The zero-order valence-corrected chi connectivity index (χ0v) is 17.1. The van der Waals surface area contributed by atoms with Crippen LogP contribution in [0, 0.1) is 5.82 Å². The number of benzene rings is 2. The van der Waals surface area contributed by atoms with Gasteiger partial charge in [-0.05, 0) is 74.2 Å². The van der Waals surface area contributed by atoms with Crippen LogP contribution < -0.4 is 5.73 Å². The SMILES string of the molecule is NC(=O)C1(N2CCCCC2)CCN(C(=O)c2ccc(-c3cccc(F)c3)cc2)CC1. The van der Waals surface area contributed by atoms with Crippen LogP contribution in [0.1, 0.15) is 42.5 Å². The van der Waals surface area contributed by atoms with E-state index < -0.39 is 5.54 Å². The van der Waals surface area contributed by atoms with Crippen molar-refractivity contribution >= 4 is 11.8 Å². The summed E-state index contributed by atoms with van der Waals surface area (Å²) in [5.74, 6) is -0.596. The van der Waals surface area contributed by atoms with E-state index in [2.05, 4.69) is 4.90 Å². The van der Waals surface area contributed by atoms with E-state index in [1.807, 2.05) is 23.1 Å². The van der Waals surface area contributed by atoms with Gasteiger partial charge >= 0.3 is 0 Å². The van der Waals surface area contributed by atoms with Gasteiger partial charge in [0, 0.05) is 18.7 Å². The molecule has 0 bridgehead atoms. The number of likely N-dealkylation sites (tertiary alicyclic amines) is 2. The van der Waals surface area contributed by atoms with Crippen LogP contribution >= 0.6 is 0 Å². The topological polar surface area (TPSA) is 66.6 Å². The predicted molar refractivity (Wildman–Crippen MR) is 114 cm³/mol. The summed E-state index contributed by atoms with van der Waals surface area (Å²) in [6.45, 7) is 2.84. The Hall–Kier alpha value is -2.73. The van der Waals surface area contributed by atoms with Crippen molar-refractivity contribution in [3.8, 4) is 11.1 Å². The van der Waals surface area contributed by atoms with E-state index in [4.69, 9.17) is 5.73 Å². The number of carbonyl (C=O) groups is 2. The third-order valence-corrected chi connectivity index (χ3v) is 6.59. The molecule has 2 N–H and O–H groups in total. The molecule has 2 amide bonds. The van der Waals surface area contributed by atoms with Gasteiger partial charge in [0.05, 0.1) is 0 Å². The van der Waals surface area contributed by atoms with Crippen molar-refractivity contribution in [2.75, 3.05) is 26.2 Å². The molecule has 0 atom stereocenters. The molecule has 0 unspecified atom stereocenters. The van der Waals surface area contributed by atoms with Crippen molar-refractivity contribution < 1.29 is 14.0 Å². The molecule has 2 saturated heterocycles. The van der Waals surface area contributed by atoms with Gasteiger partial charge in [-0.25, -0.2) is 4.39 Å². The zero-order valence-electron chi connectivity index (χ0n) is 17.1. The molecule has 0 aromatic heterocycles. The fourth-order valence-electron chi connectivity index (χ4n) is 4.78. The molecule has 4 rings (SSSR count). The molecule has 0 aliphatic carbocycles. The number of rotatable bonds is 4. The number of halogens is 1. The van der Waals surface area contributed by atoms with Crippen LogP contribution in [-0.2, 0) is 4.79 Å². The fraction of sp³-hybridized carbons (Fsp3) is 0.417. The second-order valence-electron chi connectivity index (χ2n) is 8.32. The smallest absolute Gasteiger partial charge is 0.253 e. The molecule has 2 aliphatic heterocycles. The highest BCUT2D eigenvalue weighted by molar-refractivity contribution is 5.95. The molecule has 0 spiro atoms. The molecule has 30 heavy (non-hydrogen) atoms. The number of piperidine rings is 2. The van der Waals surface area contributed by atoms with Gasteiger partial charge in [0.15, 0.2) is 0 Å². The van der Waals surface area contributed by atoms with Crippen LogP contribution in [0.25, 0.3) is 11.1 Å². The van der Waals surface area contributed by atoms with Gasteiger partial charge in [0.2, 0.25) is 5.91 Å². The van der Waals surface area contributed by atoms with Crippen molar-refractivity contribution in [2.24, 2.45) is 5.73 Å². The number of hydrogen-bond acceptors (Lipinski definition) is 3. The number of nitrogens with two attached hydrogens (primary N) is 1. The summed E-state index contributed by atoms with van der Waals surface area (Å²) in [6, 6.07) is 13.6. The normalized spacial score (nSPS) is 19.4. The van der Waals surface area contributed by atoms with E-state index in [-0.39, 0.29) is 17.6 Å². The summed E-state index contributed by atoms with van der Waals surface area (Å²) in [4.78, 5) is 29.4. The maximum absolute atomic E-state index is 13.5. The Kier molecular flexibility index (Phi) is 5.86. The number of hydrogen-bond donors (Lipinski definition) is 1. The van der Waals surface area contributed by atoms with Crippen molar-refractivity contribution in [3.63, 3.8) is 0 Å². The Balaban J connectivity index is 1.44. The summed E-state index contributed by atoms with van der Waals surface area (Å²) in [5, 5.41) is 0. The molecule has 2 aromatic carbocycles. The lowest BCUT2D eigenvalue weighted by Crippen LogP contribution is -2.63. The lowest BCUT2D eigenvalue weighted by Gasteiger charge is -2.48. The summed E-state index contributed by atoms with van der Waals surface area (Å²) in [7, 11) is 0. The first-order chi connectivity index (χ1) is 14.5. The second-order valence-corrected chi connectivity index (χ2v) is 8.32. The number of carbonyl (C=O) groups excluding carboxylic acids is 2. The van der Waals surface area contributed by atoms with Gasteiger partial charge in [-0.1, -0.05) is 30.7 Å². The van der Waals surface area contributed by atoms with E-state index in [1.54, 1.807) is 18.2 Å². The zero-order chi connectivity index (χ0) is 21.1. The van der Waals surface area contributed by atoms with Crippen molar-refractivity contribution in [2.45, 2.75) is 37.6 Å². The first kappa shape index (κ1) is 20.5. The number of primary amides is 1. The highest BCUT2D eigenvalue weighted by Crippen LogP contribution is 2.32. The van der Waals surface area contributed by atoms with Crippen LogP contribution in [0.4, 0.5) is 4.39 Å². The Morgan fingerprint density at radius 3 is 2.13 bits per heavy atom. The van der Waals surface area contributed by atoms with Crippen LogP contribution in [0.15, 0.2) is 48.5 Å². The highest BCUT2D eigenvalue weighted by Gasteiger charge is 2.45. The standard InChI is InChI=1S/C24H28FN3O2/c25-21-6-4-5-20(17-21)18-7-9-19(10-8-18)22(29)27-15-11-24(12-16-27,23(26)30)28-13-2-1-3-14-28/h4-10,17H,1-3,11-16H2,(H2,26,30). The Bertz CT molecular complexity index is 914. The molecule has 158 valence electrons. The van der Waals surface area contributed by atoms with Crippen LogP contribution in [-0.4, -0.2) is 53.3 Å². The third kappa shape index (κ3) is 3.97. The minimum Gasteiger partial charge on any atom is -0.368 e. The minimum absolute atomic E-state index is 0.0440. The monoisotopic (exact) mass is 409 g/mol. The Morgan fingerprint density at radius 2 is 1.53 bits per heavy atom. The summed E-state index contributed by atoms with van der Waals surface area (Å²) in [6.07, 6.45) is 4.54. The largest absolute Gasteiger partial charge is 0.368 e. The van der Waals surface area contributed by atoms with Crippen LogP contribution in [0.3, 0.4) is 0 Å². The second kappa shape index (κ2) is 8.56. The Morgan fingerprint density at radius 1 is 0.867 bits per heavy atom. The van der Waals surface area contributed by atoms with E-state index in [9.17, 15) is 14.0 Å². The minimum atomic E-state index is -0.627. The highest BCUT2D eigenvalue weighted by atomic mass is 19.1. The number of nitrogens with zero attached hydrogens (tertiary/aromatic N) is 2. The van der Waals surface area contributed by atoms with E-state index >= 15 is 0 Å². The third-order valence-electron chi connectivity index (χ3n) is 6.59. The van der Waals surface area contributed by atoms with Gasteiger partial charge < -0.3 is 10.6 Å². The number of amides is 2. The first-order valence-electron chi connectivity index (χ1n) is 10.7. The average Bonchev–Trinajstić information content (AvgIpc) is 2.79. The lowest BCUT2D eigenvalue weighted by atomic mass is 9.83. The van der Waals surface area contributed by atoms with Gasteiger partial charge in [-0.3, -0.25) is 14.5 Å². The quantitative estimate of drug-likeness (QED) is 0.841. The van der Waals surface area contributed by atoms with E-state index in [1.165, 1.54) is 18.6 Å². The molecule has 6 heteroatoms. The molecular formula is C24H28FN3O2. The molecule has 2 aromatic rings. The predicted octanol–water partition coefficient (Wildman–Crippen LogP) is 3.44. The van der Waals surface area contributed by atoms with Crippen molar-refractivity contribution in [1.82, 2.24) is 9.80 Å². The molecule has 0 radical (unpaired) electrons. The molecule has 2 aliphatic rings. The van der Waals surface area contributed by atoms with Crippen LogP contribution in [0.2, 0.25) is 0 Å². The summed E-state index contributed by atoms with van der Waals surface area (Å²) in [5.41, 5.74) is 7.45. The van der Waals surface area contributed by atoms with E-state index in [0.717, 1.165) is 37.1 Å². The summed E-state index contributed by atoms with van der Waals surface area (Å²) < 4.78 is 13.5. The van der Waals surface area contributed by atoms with Gasteiger partial charge in [-0.2, -0.15) is 0 Å². The average molecular weight is 410 g/mol. The first-order valence-corrected chi connectivity index (χ1v) is 10.7. The molecule has 2 heterocycles. The maximum Gasteiger partial charge on any atom is 0.253 e. The molecule has 5 nitrogen and oxygen atoms in total. The lowest BCUT2D eigenvalue weighted by molar-refractivity contribution is -0.134. The maximum atomic E-state index is 13.5. The van der Waals surface area contributed by atoms with Gasteiger partial charge in [0.1, 0.15) is 11.4 Å². The molecule has 2 fully saturated rings. The fourth-order valence-corrected chi connectivity index (χ4v) is 4.78. The van der Waals surface area contributed by atoms with Gasteiger partial charge in [-0.15, -0.1) is 0 Å². The van der Waals surface area contributed by atoms with Crippen molar-refractivity contribution in [3.05, 3.63) is 59.9 Å². The van der Waals surface area contributed by atoms with Crippen molar-refractivity contribution in [1.29, 1.82) is 0 Å². The van der Waals surface area contributed by atoms with E-state index in [0.29, 0.717) is 31.5 Å². The molecule has 0 saturated carbocycles. The summed E-state index contributed by atoms with van der Waals surface area (Å²) >= 11 is 0.